The first-order valence-electron chi connectivity index (χ1n) is 9.84. The third kappa shape index (κ3) is 3.77. The molecule has 3 heterocycles. The molecule has 8 nitrogen and oxygen atoms in total. The number of likely N-dealkylation sites (tertiary alicyclic amines) is 1. The Morgan fingerprint density at radius 2 is 1.89 bits per heavy atom. The first-order valence-corrected chi connectivity index (χ1v) is 9.84. The van der Waals surface area contributed by atoms with E-state index in [4.69, 9.17) is 4.74 Å². The Morgan fingerprint density at radius 1 is 1.11 bits per heavy atom. The molecule has 1 aromatic heterocycles. The minimum atomic E-state index is -0.274. The molecule has 1 amide bonds. The summed E-state index contributed by atoms with van der Waals surface area (Å²) < 4.78 is 5.50. The summed E-state index contributed by atoms with van der Waals surface area (Å²) in [5, 5.41) is 5.11. The minimum Gasteiger partial charge on any atom is -0.495 e. The van der Waals surface area contributed by atoms with E-state index in [1.54, 1.807) is 7.11 Å². The van der Waals surface area contributed by atoms with Crippen LogP contribution in [0.3, 0.4) is 0 Å². The van der Waals surface area contributed by atoms with Gasteiger partial charge in [0.2, 0.25) is 0 Å². The van der Waals surface area contributed by atoms with Crippen molar-refractivity contribution in [2.24, 2.45) is 0 Å². The van der Waals surface area contributed by atoms with Crippen molar-refractivity contribution in [3.05, 3.63) is 46.4 Å². The van der Waals surface area contributed by atoms with Crippen LogP contribution in [-0.4, -0.2) is 78.3 Å². The number of amides is 1. The smallest absolute Gasteiger partial charge is 0.271 e. The Morgan fingerprint density at radius 3 is 2.61 bits per heavy atom. The monoisotopic (exact) mass is 385 g/mol. The topological polar surface area (TPSA) is 84.7 Å². The summed E-state index contributed by atoms with van der Waals surface area (Å²) in [6, 6.07) is 9.83. The molecule has 2 fully saturated rings. The lowest BCUT2D eigenvalue weighted by atomic mass is 10.0. The molecule has 0 saturated carbocycles. The molecule has 0 radical (unpaired) electrons. The van der Waals surface area contributed by atoms with E-state index in [1.165, 1.54) is 6.07 Å². The van der Waals surface area contributed by atoms with E-state index in [0.29, 0.717) is 18.3 Å². The van der Waals surface area contributed by atoms with Crippen LogP contribution in [0.4, 0.5) is 5.69 Å². The first-order chi connectivity index (χ1) is 13.7. The zero-order chi connectivity index (χ0) is 19.5. The summed E-state index contributed by atoms with van der Waals surface area (Å²) >= 11 is 0. The second kappa shape index (κ2) is 8.10. The fourth-order valence-electron chi connectivity index (χ4n) is 4.27. The number of hydrogen-bond donors (Lipinski definition) is 2. The van der Waals surface area contributed by atoms with Crippen LogP contribution in [0, 0.1) is 0 Å². The van der Waals surface area contributed by atoms with Crippen LogP contribution in [0.5, 0.6) is 5.75 Å². The lowest BCUT2D eigenvalue weighted by Crippen LogP contribution is -2.56. The van der Waals surface area contributed by atoms with Crippen LogP contribution in [0.15, 0.2) is 35.1 Å². The average molecular weight is 385 g/mol. The lowest BCUT2D eigenvalue weighted by Gasteiger charge is -2.44. The molecule has 2 saturated heterocycles. The van der Waals surface area contributed by atoms with Gasteiger partial charge in [0.25, 0.3) is 11.5 Å². The van der Waals surface area contributed by atoms with Crippen molar-refractivity contribution >= 4 is 11.6 Å². The Bertz CT molecular complexity index is 868. The predicted molar refractivity (Wildman–Crippen MR) is 107 cm³/mol. The number of methoxy groups -OCH3 is 1. The van der Waals surface area contributed by atoms with Crippen molar-refractivity contribution in [1.29, 1.82) is 0 Å². The summed E-state index contributed by atoms with van der Waals surface area (Å²) in [5.41, 5.74) is 1.21. The molecule has 8 heteroatoms. The van der Waals surface area contributed by atoms with Gasteiger partial charge in [-0.05, 0) is 25.0 Å². The van der Waals surface area contributed by atoms with Gasteiger partial charge in [-0.3, -0.25) is 24.7 Å². The molecular weight excluding hydrogens is 358 g/mol. The number of benzene rings is 1. The first kappa shape index (κ1) is 18.6. The molecule has 1 atom stereocenters. The van der Waals surface area contributed by atoms with Gasteiger partial charge in [-0.1, -0.05) is 12.1 Å². The standard InChI is InChI=1S/C20H27N5O3/c1-28-18-7-3-2-6-17(18)24-11-9-23(10-12-24)15-5-4-8-25(14-15)20(27)16-13-19(26)22-21-16/h2-3,6-7,13,15H,4-5,8-12,14H2,1H3,(H2,21,22,26)/t15-/m0/s1. The number of anilines is 1. The maximum Gasteiger partial charge on any atom is 0.271 e. The molecule has 0 bridgehead atoms. The highest BCUT2D eigenvalue weighted by Gasteiger charge is 2.31. The summed E-state index contributed by atoms with van der Waals surface area (Å²) in [7, 11) is 1.71. The van der Waals surface area contributed by atoms with Gasteiger partial charge in [0.1, 0.15) is 11.4 Å². The molecule has 2 N–H and O–H groups in total. The highest BCUT2D eigenvalue weighted by atomic mass is 16.5. The van der Waals surface area contributed by atoms with Crippen molar-refractivity contribution in [1.82, 2.24) is 20.0 Å². The third-order valence-corrected chi connectivity index (χ3v) is 5.77. The number of rotatable bonds is 4. The summed E-state index contributed by atoms with van der Waals surface area (Å²) in [4.78, 5) is 30.7. The molecule has 4 rings (SSSR count). The van der Waals surface area contributed by atoms with Crippen LogP contribution in [0.1, 0.15) is 23.3 Å². The average Bonchev–Trinajstić information content (AvgIpc) is 3.19. The van der Waals surface area contributed by atoms with Gasteiger partial charge >= 0.3 is 0 Å². The van der Waals surface area contributed by atoms with E-state index in [9.17, 15) is 9.59 Å². The second-order valence-corrected chi connectivity index (χ2v) is 7.41. The number of aromatic amines is 2. The largest absolute Gasteiger partial charge is 0.495 e. The molecule has 0 aliphatic carbocycles. The fourth-order valence-corrected chi connectivity index (χ4v) is 4.27. The van der Waals surface area contributed by atoms with E-state index in [2.05, 4.69) is 26.1 Å². The Balaban J connectivity index is 1.36. The maximum atomic E-state index is 12.6. The van der Waals surface area contributed by atoms with Crippen molar-refractivity contribution in [3.8, 4) is 5.75 Å². The third-order valence-electron chi connectivity index (χ3n) is 5.77. The van der Waals surface area contributed by atoms with Gasteiger partial charge in [-0.2, -0.15) is 0 Å². The lowest BCUT2D eigenvalue weighted by molar-refractivity contribution is 0.0558. The van der Waals surface area contributed by atoms with E-state index >= 15 is 0 Å². The Kier molecular flexibility index (Phi) is 5.38. The number of nitrogens with one attached hydrogen (secondary N) is 2. The molecule has 150 valence electrons. The van der Waals surface area contributed by atoms with Gasteiger partial charge in [0.05, 0.1) is 12.8 Å². The minimum absolute atomic E-state index is 0.101. The fraction of sp³-hybridized carbons (Fsp3) is 0.500. The van der Waals surface area contributed by atoms with Crippen LogP contribution >= 0.6 is 0 Å². The zero-order valence-electron chi connectivity index (χ0n) is 16.2. The van der Waals surface area contributed by atoms with Crippen LogP contribution in [-0.2, 0) is 0 Å². The van der Waals surface area contributed by atoms with E-state index in [-0.39, 0.29) is 11.5 Å². The SMILES string of the molecule is COc1ccccc1N1CCN([C@H]2CCCN(C(=O)c3cc(=O)[nH][nH]3)C2)CC1. The maximum absolute atomic E-state index is 12.6. The number of carbonyl (C=O) groups is 1. The summed E-state index contributed by atoms with van der Waals surface area (Å²) in [6.07, 6.45) is 2.08. The van der Waals surface area contributed by atoms with Crippen molar-refractivity contribution in [2.75, 3.05) is 51.3 Å². The number of H-pyrrole nitrogens is 2. The number of hydrogen-bond acceptors (Lipinski definition) is 5. The van der Waals surface area contributed by atoms with E-state index in [0.717, 1.165) is 57.0 Å². The van der Waals surface area contributed by atoms with Gasteiger partial charge in [0, 0.05) is 51.4 Å². The number of nitrogens with zero attached hydrogens (tertiary/aromatic N) is 3. The van der Waals surface area contributed by atoms with Crippen molar-refractivity contribution in [3.63, 3.8) is 0 Å². The van der Waals surface area contributed by atoms with E-state index in [1.807, 2.05) is 23.1 Å². The number of aromatic nitrogens is 2. The Hall–Kier alpha value is -2.74. The quantitative estimate of drug-likeness (QED) is 0.825. The van der Waals surface area contributed by atoms with Crippen LogP contribution < -0.4 is 15.2 Å². The van der Waals surface area contributed by atoms with Gasteiger partial charge < -0.3 is 14.5 Å². The molecule has 1 aromatic carbocycles. The highest BCUT2D eigenvalue weighted by molar-refractivity contribution is 5.92. The van der Waals surface area contributed by atoms with Crippen molar-refractivity contribution < 1.29 is 9.53 Å². The molecule has 0 spiro atoms. The number of para-hydroxylation sites is 2. The van der Waals surface area contributed by atoms with Crippen LogP contribution in [0.2, 0.25) is 0 Å². The molecule has 2 aromatic rings. The predicted octanol–water partition coefficient (Wildman–Crippen LogP) is 1.14. The zero-order valence-corrected chi connectivity index (χ0v) is 16.2. The number of piperazine rings is 1. The van der Waals surface area contributed by atoms with Gasteiger partial charge in [0.15, 0.2) is 0 Å². The second-order valence-electron chi connectivity index (χ2n) is 7.41. The van der Waals surface area contributed by atoms with Crippen molar-refractivity contribution in [2.45, 2.75) is 18.9 Å². The van der Waals surface area contributed by atoms with Gasteiger partial charge in [-0.15, -0.1) is 0 Å². The summed E-state index contributed by atoms with van der Waals surface area (Å²) in [6.45, 7) is 5.26. The Labute approximate surface area is 164 Å². The number of piperidine rings is 1. The van der Waals surface area contributed by atoms with Gasteiger partial charge in [-0.25, -0.2) is 0 Å². The van der Waals surface area contributed by atoms with Crippen LogP contribution in [0.25, 0.3) is 0 Å². The molecule has 2 aliphatic rings. The number of carbonyl (C=O) groups excluding carboxylic acids is 1. The molecule has 0 unspecified atom stereocenters. The molecule has 28 heavy (non-hydrogen) atoms. The molecule has 2 aliphatic heterocycles. The van der Waals surface area contributed by atoms with E-state index < -0.39 is 0 Å². The normalized spacial score (nSPS) is 21.0. The molecular formula is C20H27N5O3. The highest BCUT2D eigenvalue weighted by Crippen LogP contribution is 2.29. The number of ether oxygens (including phenoxy) is 1. The summed E-state index contributed by atoms with van der Waals surface area (Å²) in [5.74, 6) is 0.807.